The minimum absolute atomic E-state index is 0.246. The van der Waals surface area contributed by atoms with Crippen molar-refractivity contribution in [3.8, 4) is 0 Å². The Morgan fingerprint density at radius 1 is 1.22 bits per heavy atom. The summed E-state index contributed by atoms with van der Waals surface area (Å²) in [4.78, 5) is 23.6. The minimum Gasteiger partial charge on any atom is -0.444 e. The molecule has 2 aromatic rings. The highest BCUT2D eigenvalue weighted by atomic mass is 16.6. The molecule has 1 amide bonds. The van der Waals surface area contributed by atoms with E-state index in [9.17, 15) is 9.90 Å². The van der Waals surface area contributed by atoms with Gasteiger partial charge in [-0.25, -0.2) is 14.8 Å². The number of amides is 1. The molecule has 0 saturated carbocycles. The quantitative estimate of drug-likeness (QED) is 0.531. The first-order valence-corrected chi connectivity index (χ1v) is 12.9. The summed E-state index contributed by atoms with van der Waals surface area (Å²) < 4.78 is 11.5. The third-order valence-electron chi connectivity index (χ3n) is 6.85. The topological polar surface area (TPSA) is 96.8 Å². The van der Waals surface area contributed by atoms with Crippen LogP contribution in [0.2, 0.25) is 0 Å². The van der Waals surface area contributed by atoms with Crippen molar-refractivity contribution < 1.29 is 19.3 Å². The van der Waals surface area contributed by atoms with E-state index in [1.807, 2.05) is 46.9 Å². The third kappa shape index (κ3) is 7.32. The summed E-state index contributed by atoms with van der Waals surface area (Å²) in [6.07, 6.45) is 4.40. The maximum Gasteiger partial charge on any atom is 0.410 e. The average molecular weight is 497 g/mol. The lowest BCUT2D eigenvalue weighted by Gasteiger charge is -2.37. The van der Waals surface area contributed by atoms with E-state index in [4.69, 9.17) is 14.4 Å². The van der Waals surface area contributed by atoms with E-state index in [0.29, 0.717) is 25.0 Å². The van der Waals surface area contributed by atoms with Gasteiger partial charge >= 0.3 is 13.6 Å². The second-order valence-corrected chi connectivity index (χ2v) is 11.8. The van der Waals surface area contributed by atoms with E-state index in [-0.39, 0.29) is 6.09 Å². The van der Waals surface area contributed by atoms with Gasteiger partial charge in [-0.2, -0.15) is 0 Å². The summed E-state index contributed by atoms with van der Waals surface area (Å²) >= 11 is 0. The maximum absolute atomic E-state index is 12.5. The number of benzene rings is 1. The molecule has 1 aliphatic rings. The normalized spacial score (nSPS) is 17.2. The van der Waals surface area contributed by atoms with Crippen molar-refractivity contribution in [2.24, 2.45) is 5.92 Å². The second kappa shape index (κ2) is 10.9. The first-order chi connectivity index (χ1) is 16.7. The van der Waals surface area contributed by atoms with Crippen LogP contribution < -0.4 is 10.8 Å². The number of rotatable bonds is 8. The Morgan fingerprint density at radius 3 is 2.58 bits per heavy atom. The van der Waals surface area contributed by atoms with Gasteiger partial charge in [-0.1, -0.05) is 24.5 Å². The van der Waals surface area contributed by atoms with Crippen LogP contribution in [0.25, 0.3) is 10.9 Å². The van der Waals surface area contributed by atoms with Gasteiger partial charge in [0.25, 0.3) is 0 Å². The number of aryl methyl sites for hydroxylation is 1. The number of piperidine rings is 1. The van der Waals surface area contributed by atoms with Crippen LogP contribution in [-0.4, -0.2) is 70.0 Å². The fourth-order valence-corrected chi connectivity index (χ4v) is 3.99. The largest absolute Gasteiger partial charge is 0.444 e. The van der Waals surface area contributed by atoms with Gasteiger partial charge in [-0.15, -0.1) is 0 Å². The molecular weight excluding hydrogens is 455 g/mol. The number of carbonyl (C=O) groups excluding carboxylic acids is 1. The van der Waals surface area contributed by atoms with Gasteiger partial charge in [0.1, 0.15) is 5.60 Å². The van der Waals surface area contributed by atoms with Crippen molar-refractivity contribution in [1.29, 1.82) is 0 Å². The molecule has 1 saturated heterocycles. The van der Waals surface area contributed by atoms with Crippen LogP contribution in [0.5, 0.6) is 0 Å². The van der Waals surface area contributed by atoms with Crippen molar-refractivity contribution in [1.82, 2.24) is 14.9 Å². The molecule has 1 fully saturated rings. The predicted octanol–water partition coefficient (Wildman–Crippen LogP) is 4.06. The average Bonchev–Trinajstić information content (AvgIpc) is 2.79. The third-order valence-corrected chi connectivity index (χ3v) is 6.85. The van der Waals surface area contributed by atoms with Crippen LogP contribution in [0.1, 0.15) is 73.8 Å². The van der Waals surface area contributed by atoms with Gasteiger partial charge in [0.15, 0.2) is 0 Å². The Morgan fingerprint density at radius 2 is 1.94 bits per heavy atom. The van der Waals surface area contributed by atoms with Crippen molar-refractivity contribution in [3.05, 3.63) is 23.9 Å². The molecule has 197 valence electrons. The Labute approximate surface area is 216 Å². The van der Waals surface area contributed by atoms with E-state index >= 15 is 0 Å². The number of likely N-dealkylation sites (tertiary alicyclic amines) is 1. The number of hydrogen-bond donors (Lipinski definition) is 2. The van der Waals surface area contributed by atoms with Gasteiger partial charge in [0.05, 0.1) is 16.7 Å². The number of nitrogens with one attached hydrogen (secondary N) is 1. The van der Waals surface area contributed by atoms with E-state index in [2.05, 4.69) is 23.3 Å². The number of anilines is 1. The Bertz CT molecular complexity index is 1060. The van der Waals surface area contributed by atoms with Crippen LogP contribution in [0.3, 0.4) is 0 Å². The van der Waals surface area contributed by atoms with Crippen LogP contribution in [-0.2, 0) is 15.8 Å². The zero-order chi connectivity index (χ0) is 26.7. The van der Waals surface area contributed by atoms with Gasteiger partial charge in [-0.3, -0.25) is 0 Å². The van der Waals surface area contributed by atoms with Crippen molar-refractivity contribution in [2.45, 2.75) is 91.5 Å². The molecule has 36 heavy (non-hydrogen) atoms. The summed E-state index contributed by atoms with van der Waals surface area (Å²) in [5.74, 6) is 0.896. The number of fused-ring (bicyclic) bond motifs is 1. The monoisotopic (exact) mass is 497 g/mol. The molecule has 9 heteroatoms. The Hall–Kier alpha value is -2.39. The smallest absolute Gasteiger partial charge is 0.410 e. The summed E-state index contributed by atoms with van der Waals surface area (Å²) in [7, 11) is 1.70. The minimum atomic E-state index is -0.986. The lowest BCUT2D eigenvalue weighted by Crippen LogP contribution is -2.49. The standard InChI is InChI=1S/C27H42BN4O4/c1-9-19-13-21(28-36-27(7,8)26(5,6)34)14-20-16-30-23(31-22(19)20)29-15-18-11-10-12-32(17-18)24(33)35-25(2,3)4/h13-14,16,18,34H,9-12,15,17H2,1-8H3,(H,29,30,31). The second-order valence-electron chi connectivity index (χ2n) is 11.8. The molecule has 1 aliphatic heterocycles. The summed E-state index contributed by atoms with van der Waals surface area (Å²) in [6.45, 7) is 17.1. The summed E-state index contributed by atoms with van der Waals surface area (Å²) in [5, 5.41) is 14.7. The number of ether oxygens (including phenoxy) is 1. The van der Waals surface area contributed by atoms with Crippen LogP contribution in [0.4, 0.5) is 10.7 Å². The molecule has 2 heterocycles. The Balaban J connectivity index is 1.66. The molecule has 8 nitrogen and oxygen atoms in total. The van der Waals surface area contributed by atoms with Gasteiger partial charge in [0, 0.05) is 31.2 Å². The fraction of sp³-hybridized carbons (Fsp3) is 0.667. The number of aromatic nitrogens is 2. The molecule has 1 aromatic carbocycles. The first-order valence-electron chi connectivity index (χ1n) is 12.9. The number of carbonyl (C=O) groups is 1. The molecule has 1 atom stereocenters. The number of hydrogen-bond acceptors (Lipinski definition) is 7. The maximum atomic E-state index is 12.5. The first kappa shape index (κ1) is 28.2. The molecule has 0 bridgehead atoms. The van der Waals surface area contributed by atoms with Gasteiger partial charge < -0.3 is 24.7 Å². The zero-order valence-electron chi connectivity index (χ0n) is 23.1. The van der Waals surface area contributed by atoms with E-state index < -0.39 is 16.8 Å². The van der Waals surface area contributed by atoms with Crippen molar-refractivity contribution in [2.75, 3.05) is 25.0 Å². The van der Waals surface area contributed by atoms with Crippen molar-refractivity contribution in [3.63, 3.8) is 0 Å². The Kier molecular flexibility index (Phi) is 8.56. The van der Waals surface area contributed by atoms with Gasteiger partial charge in [0.2, 0.25) is 5.95 Å². The molecule has 1 unspecified atom stereocenters. The molecule has 1 aromatic heterocycles. The molecule has 3 rings (SSSR count). The highest BCUT2D eigenvalue weighted by molar-refractivity contribution is 6.47. The lowest BCUT2D eigenvalue weighted by atomic mass is 9.81. The number of nitrogens with zero attached hydrogens (tertiary/aromatic N) is 3. The fourth-order valence-electron chi connectivity index (χ4n) is 3.99. The van der Waals surface area contributed by atoms with Crippen LogP contribution in [0.15, 0.2) is 18.3 Å². The highest BCUT2D eigenvalue weighted by Crippen LogP contribution is 2.25. The van der Waals surface area contributed by atoms with E-state index in [0.717, 1.165) is 47.7 Å². The van der Waals surface area contributed by atoms with Crippen molar-refractivity contribution >= 4 is 35.9 Å². The molecule has 2 N–H and O–H groups in total. The van der Waals surface area contributed by atoms with E-state index in [1.165, 1.54) is 0 Å². The molecule has 1 radical (unpaired) electrons. The lowest BCUT2D eigenvalue weighted by molar-refractivity contribution is -0.0893. The number of aliphatic hydroxyl groups is 1. The van der Waals surface area contributed by atoms with Crippen LogP contribution >= 0.6 is 0 Å². The summed E-state index contributed by atoms with van der Waals surface area (Å²) in [5.41, 5.74) is 0.700. The van der Waals surface area contributed by atoms with E-state index in [1.54, 1.807) is 26.2 Å². The predicted molar refractivity (Wildman–Crippen MR) is 145 cm³/mol. The molecular formula is C27H42BN4O4. The van der Waals surface area contributed by atoms with Gasteiger partial charge in [-0.05, 0) is 79.2 Å². The van der Waals surface area contributed by atoms with Crippen LogP contribution in [0, 0.1) is 5.92 Å². The molecule has 0 aliphatic carbocycles. The zero-order valence-corrected chi connectivity index (χ0v) is 23.1. The highest BCUT2D eigenvalue weighted by Gasteiger charge is 2.35. The summed E-state index contributed by atoms with van der Waals surface area (Å²) in [6, 6.07) is 4.07. The molecule has 0 spiro atoms. The SMILES string of the molecule is CCc1cc([B]OC(C)(C)C(C)(C)O)cc2cnc(NCC3CCCN(C(=O)OC(C)(C)C)C3)nc12.